The van der Waals surface area contributed by atoms with Crippen LogP contribution in [0, 0.1) is 0 Å². The first-order valence-electron chi connectivity index (χ1n) is 3.30. The summed E-state index contributed by atoms with van der Waals surface area (Å²) in [4.78, 5) is 22.6. The molecule has 1 amide bonds. The largest absolute Gasteiger partial charge is 0.480 e. The Morgan fingerprint density at radius 1 is 1.64 bits per heavy atom. The third-order valence-corrected chi connectivity index (χ3v) is 2.03. The average molecular weight is 175 g/mol. The molecule has 1 rings (SSSR count). The predicted molar refractivity (Wildman–Crippen MR) is 41.6 cm³/mol. The minimum Gasteiger partial charge on any atom is -0.480 e. The number of carbonyl (C=O) groups is 2. The zero-order chi connectivity index (χ0) is 8.43. The molecule has 0 aromatic carbocycles. The Balaban J connectivity index is 2.49. The lowest BCUT2D eigenvalue weighted by molar-refractivity contribution is -0.155. The molecule has 11 heavy (non-hydrogen) atoms. The number of aliphatic carboxylic acids is 1. The molecule has 5 heteroatoms. The molecule has 1 aliphatic heterocycles. The fraction of sp³-hybridized carbons (Fsp3) is 0.667. The molecule has 1 atom stereocenters. The molecule has 62 valence electrons. The van der Waals surface area contributed by atoms with Gasteiger partial charge in [-0.15, -0.1) is 0 Å². The summed E-state index contributed by atoms with van der Waals surface area (Å²) in [5, 5.41) is 8.53. The standard InChI is InChI=1S/C6H9NO3S/c8-5(3-11)7-2-1-4(7)6(9)10/h4,11H,1-3H2,(H,9,10). The second-order valence-corrected chi connectivity index (χ2v) is 2.70. The first-order valence-corrected chi connectivity index (χ1v) is 3.93. The first kappa shape index (κ1) is 8.39. The van der Waals surface area contributed by atoms with E-state index < -0.39 is 12.0 Å². The van der Waals surface area contributed by atoms with Crippen molar-refractivity contribution in [1.29, 1.82) is 0 Å². The van der Waals surface area contributed by atoms with Crippen LogP contribution < -0.4 is 0 Å². The SMILES string of the molecule is O=C(O)C1CCN1C(=O)CS. The summed E-state index contributed by atoms with van der Waals surface area (Å²) >= 11 is 3.77. The van der Waals surface area contributed by atoms with Gasteiger partial charge in [-0.05, 0) is 6.42 Å². The molecule has 1 aliphatic rings. The van der Waals surface area contributed by atoms with Crippen molar-refractivity contribution in [2.24, 2.45) is 0 Å². The highest BCUT2D eigenvalue weighted by molar-refractivity contribution is 7.81. The van der Waals surface area contributed by atoms with Crippen LogP contribution in [0.25, 0.3) is 0 Å². The zero-order valence-corrected chi connectivity index (χ0v) is 6.75. The van der Waals surface area contributed by atoms with E-state index in [1.165, 1.54) is 4.90 Å². The molecule has 1 fully saturated rings. The van der Waals surface area contributed by atoms with Gasteiger partial charge in [-0.2, -0.15) is 12.6 Å². The van der Waals surface area contributed by atoms with Crippen LogP contribution in [0.4, 0.5) is 0 Å². The van der Waals surface area contributed by atoms with E-state index in [9.17, 15) is 9.59 Å². The Bertz CT molecular complexity index is 194. The summed E-state index contributed by atoms with van der Waals surface area (Å²) in [7, 11) is 0. The van der Waals surface area contributed by atoms with Crippen LogP contribution in [-0.2, 0) is 9.59 Å². The Morgan fingerprint density at radius 3 is 2.55 bits per heavy atom. The maximum absolute atomic E-state index is 10.9. The van der Waals surface area contributed by atoms with Crippen LogP contribution in [0.15, 0.2) is 0 Å². The molecule has 0 aliphatic carbocycles. The Labute approximate surface area is 69.6 Å². The van der Waals surface area contributed by atoms with Gasteiger partial charge in [-0.25, -0.2) is 4.79 Å². The quantitative estimate of drug-likeness (QED) is 0.561. The van der Waals surface area contributed by atoms with E-state index in [0.717, 1.165) is 0 Å². The van der Waals surface area contributed by atoms with Gasteiger partial charge in [0, 0.05) is 6.54 Å². The molecule has 0 saturated carbocycles. The van der Waals surface area contributed by atoms with Crippen LogP contribution in [0.2, 0.25) is 0 Å². The van der Waals surface area contributed by atoms with Gasteiger partial charge >= 0.3 is 5.97 Å². The van der Waals surface area contributed by atoms with Crippen molar-refractivity contribution in [3.05, 3.63) is 0 Å². The van der Waals surface area contributed by atoms with E-state index in [1.807, 2.05) is 0 Å². The number of likely N-dealkylation sites (tertiary alicyclic amines) is 1. The molecular weight excluding hydrogens is 166 g/mol. The fourth-order valence-electron chi connectivity index (χ4n) is 1.03. The molecule has 4 nitrogen and oxygen atoms in total. The molecule has 1 saturated heterocycles. The smallest absolute Gasteiger partial charge is 0.326 e. The summed E-state index contributed by atoms with van der Waals surface area (Å²) in [6.07, 6.45) is 0.564. The number of hydrogen-bond acceptors (Lipinski definition) is 3. The van der Waals surface area contributed by atoms with Crippen molar-refractivity contribution in [2.75, 3.05) is 12.3 Å². The van der Waals surface area contributed by atoms with Gasteiger partial charge in [0.2, 0.25) is 5.91 Å². The highest BCUT2D eigenvalue weighted by atomic mass is 32.1. The van der Waals surface area contributed by atoms with Gasteiger partial charge in [-0.1, -0.05) is 0 Å². The number of thiol groups is 1. The summed E-state index contributed by atoms with van der Waals surface area (Å²) < 4.78 is 0. The van der Waals surface area contributed by atoms with Gasteiger partial charge in [-0.3, -0.25) is 4.79 Å². The van der Waals surface area contributed by atoms with E-state index in [0.29, 0.717) is 13.0 Å². The molecule has 1 N–H and O–H groups in total. The Morgan fingerprint density at radius 2 is 2.27 bits per heavy atom. The lowest BCUT2D eigenvalue weighted by atomic mass is 10.0. The second kappa shape index (κ2) is 3.13. The minimum absolute atomic E-state index is 0.0871. The van der Waals surface area contributed by atoms with Gasteiger partial charge in [0.15, 0.2) is 0 Å². The average Bonchev–Trinajstić information content (AvgIpc) is 1.83. The minimum atomic E-state index is -0.925. The van der Waals surface area contributed by atoms with Crippen molar-refractivity contribution < 1.29 is 14.7 Å². The van der Waals surface area contributed by atoms with E-state index in [-0.39, 0.29) is 11.7 Å². The highest BCUT2D eigenvalue weighted by Gasteiger charge is 2.36. The van der Waals surface area contributed by atoms with E-state index in [4.69, 9.17) is 5.11 Å². The number of rotatable bonds is 2. The van der Waals surface area contributed by atoms with Crippen LogP contribution in [0.5, 0.6) is 0 Å². The first-order chi connectivity index (χ1) is 5.16. The third kappa shape index (κ3) is 1.48. The lowest BCUT2D eigenvalue weighted by Crippen LogP contribution is -2.55. The Hall–Kier alpha value is -0.710. The van der Waals surface area contributed by atoms with Crippen LogP contribution in [-0.4, -0.2) is 40.2 Å². The molecule has 0 spiro atoms. The highest BCUT2D eigenvalue weighted by Crippen LogP contribution is 2.17. The number of hydrogen-bond donors (Lipinski definition) is 2. The third-order valence-electron chi connectivity index (χ3n) is 1.76. The molecule has 1 unspecified atom stereocenters. The maximum atomic E-state index is 10.9. The Kier molecular flexibility index (Phi) is 2.38. The molecule has 0 radical (unpaired) electrons. The summed E-state index contributed by atoms with van der Waals surface area (Å²) in [6, 6.07) is -0.602. The second-order valence-electron chi connectivity index (χ2n) is 2.39. The van der Waals surface area contributed by atoms with Crippen molar-refractivity contribution >= 4 is 24.5 Å². The van der Waals surface area contributed by atoms with Crippen molar-refractivity contribution in [3.8, 4) is 0 Å². The number of amides is 1. The van der Waals surface area contributed by atoms with Gasteiger partial charge in [0.05, 0.1) is 5.75 Å². The molecule has 0 aromatic heterocycles. The zero-order valence-electron chi connectivity index (χ0n) is 5.86. The monoisotopic (exact) mass is 175 g/mol. The predicted octanol–water partition coefficient (Wildman–Crippen LogP) is -0.398. The van der Waals surface area contributed by atoms with E-state index in [2.05, 4.69) is 12.6 Å². The molecule has 0 aromatic rings. The van der Waals surface area contributed by atoms with Crippen molar-refractivity contribution in [3.63, 3.8) is 0 Å². The number of nitrogens with zero attached hydrogens (tertiary/aromatic N) is 1. The summed E-state index contributed by atoms with van der Waals surface area (Å²) in [6.45, 7) is 0.552. The topological polar surface area (TPSA) is 57.6 Å². The van der Waals surface area contributed by atoms with Crippen LogP contribution in [0.3, 0.4) is 0 Å². The summed E-state index contributed by atoms with van der Waals surface area (Å²) in [5.41, 5.74) is 0. The van der Waals surface area contributed by atoms with Crippen LogP contribution >= 0.6 is 12.6 Å². The van der Waals surface area contributed by atoms with Crippen molar-refractivity contribution in [2.45, 2.75) is 12.5 Å². The van der Waals surface area contributed by atoms with Gasteiger partial charge in [0.1, 0.15) is 6.04 Å². The number of carboxylic acids is 1. The molecule has 1 heterocycles. The summed E-state index contributed by atoms with van der Waals surface area (Å²) in [5.74, 6) is -1.04. The lowest BCUT2D eigenvalue weighted by Gasteiger charge is -2.37. The van der Waals surface area contributed by atoms with Gasteiger partial charge < -0.3 is 10.0 Å². The van der Waals surface area contributed by atoms with Crippen LogP contribution in [0.1, 0.15) is 6.42 Å². The number of carboxylic acid groups (broad SMARTS) is 1. The molecule has 0 bridgehead atoms. The molecular formula is C6H9NO3S. The van der Waals surface area contributed by atoms with Gasteiger partial charge in [0.25, 0.3) is 0 Å². The van der Waals surface area contributed by atoms with E-state index >= 15 is 0 Å². The maximum Gasteiger partial charge on any atom is 0.326 e. The van der Waals surface area contributed by atoms with Crippen molar-refractivity contribution in [1.82, 2.24) is 4.90 Å². The van der Waals surface area contributed by atoms with E-state index in [1.54, 1.807) is 0 Å². The fourth-order valence-corrected chi connectivity index (χ4v) is 1.22. The number of carbonyl (C=O) groups excluding carboxylic acids is 1. The normalized spacial score (nSPS) is 22.6.